The second kappa shape index (κ2) is 7.07. The molecule has 1 amide bonds. The molecule has 2 aromatic carbocycles. The number of fused-ring (bicyclic) bond motifs is 1. The lowest BCUT2D eigenvalue weighted by atomic mass is 9.98. The molecular formula is C20H23N3O3S. The lowest BCUT2D eigenvalue weighted by molar-refractivity contribution is 0.0773. The Morgan fingerprint density at radius 1 is 1.00 bits per heavy atom. The molecule has 7 heteroatoms. The van der Waals surface area contributed by atoms with E-state index >= 15 is 0 Å². The minimum absolute atomic E-state index is 0.0188. The maximum Gasteiger partial charge on any atom is 0.253 e. The predicted molar refractivity (Wildman–Crippen MR) is 103 cm³/mol. The number of amides is 1. The van der Waals surface area contributed by atoms with Crippen LogP contribution < -0.4 is 5.14 Å². The van der Waals surface area contributed by atoms with E-state index in [0.717, 1.165) is 32.5 Å². The van der Waals surface area contributed by atoms with Crippen LogP contribution in [0.3, 0.4) is 0 Å². The van der Waals surface area contributed by atoms with Crippen LogP contribution in [0.5, 0.6) is 0 Å². The number of nitrogens with zero attached hydrogens (tertiary/aromatic N) is 2. The lowest BCUT2D eigenvalue weighted by Gasteiger charge is -2.33. The van der Waals surface area contributed by atoms with Crippen molar-refractivity contribution >= 4 is 15.9 Å². The van der Waals surface area contributed by atoms with Crippen molar-refractivity contribution in [3.8, 4) is 0 Å². The first-order chi connectivity index (χ1) is 12.9. The standard InChI is InChI=1S/C20H23N3O3S/c21-27(25,26)19-7-5-16(6-8-19)20(24)23-12-10-18(14-23)22-11-9-15-3-1-2-4-17(15)13-22/h1-8,18H,9-14H2,(H2,21,25,26). The lowest BCUT2D eigenvalue weighted by Crippen LogP contribution is -2.41. The van der Waals surface area contributed by atoms with Gasteiger partial charge >= 0.3 is 0 Å². The van der Waals surface area contributed by atoms with Crippen molar-refractivity contribution in [2.45, 2.75) is 30.3 Å². The van der Waals surface area contributed by atoms with Crippen LogP contribution in [0.2, 0.25) is 0 Å². The SMILES string of the molecule is NS(=O)(=O)c1ccc(C(=O)N2CCC(N3CCc4ccccc4C3)C2)cc1. The predicted octanol–water partition coefficient (Wildman–Crippen LogP) is 1.61. The molecule has 4 rings (SSSR count). The number of nitrogens with two attached hydrogens (primary N) is 1. The van der Waals surface area contributed by atoms with Gasteiger partial charge in [-0.2, -0.15) is 0 Å². The van der Waals surface area contributed by atoms with E-state index in [1.165, 1.54) is 35.4 Å². The third kappa shape index (κ3) is 3.76. The molecule has 6 nitrogen and oxygen atoms in total. The van der Waals surface area contributed by atoms with E-state index in [-0.39, 0.29) is 10.8 Å². The van der Waals surface area contributed by atoms with Crippen molar-refractivity contribution in [1.29, 1.82) is 0 Å². The van der Waals surface area contributed by atoms with Crippen molar-refractivity contribution < 1.29 is 13.2 Å². The summed E-state index contributed by atoms with van der Waals surface area (Å²) in [6, 6.07) is 14.8. The maximum atomic E-state index is 12.8. The average Bonchev–Trinajstić information content (AvgIpc) is 3.16. The fraction of sp³-hybridized carbons (Fsp3) is 0.350. The van der Waals surface area contributed by atoms with Crippen LogP contribution in [0.4, 0.5) is 0 Å². The van der Waals surface area contributed by atoms with Gasteiger partial charge in [0, 0.05) is 37.8 Å². The molecular weight excluding hydrogens is 362 g/mol. The molecule has 2 aliphatic heterocycles. The number of primary sulfonamides is 1. The number of carbonyl (C=O) groups excluding carboxylic acids is 1. The number of rotatable bonds is 3. The molecule has 1 unspecified atom stereocenters. The second-order valence-electron chi connectivity index (χ2n) is 7.25. The fourth-order valence-electron chi connectivity index (χ4n) is 4.02. The summed E-state index contributed by atoms with van der Waals surface area (Å²) in [5.74, 6) is -0.0594. The molecule has 2 N–H and O–H groups in total. The summed E-state index contributed by atoms with van der Waals surface area (Å²) < 4.78 is 22.7. The van der Waals surface area contributed by atoms with Crippen LogP contribution in [-0.2, 0) is 23.0 Å². The molecule has 2 aliphatic rings. The molecule has 2 heterocycles. The van der Waals surface area contributed by atoms with Crippen LogP contribution in [0.1, 0.15) is 27.9 Å². The van der Waals surface area contributed by atoms with E-state index in [9.17, 15) is 13.2 Å². The topological polar surface area (TPSA) is 83.7 Å². The summed E-state index contributed by atoms with van der Waals surface area (Å²) in [6.07, 6.45) is 2.01. The monoisotopic (exact) mass is 385 g/mol. The van der Waals surface area contributed by atoms with E-state index < -0.39 is 10.0 Å². The number of sulfonamides is 1. The van der Waals surface area contributed by atoms with Gasteiger partial charge in [-0.25, -0.2) is 13.6 Å². The third-order valence-electron chi connectivity index (χ3n) is 5.56. The van der Waals surface area contributed by atoms with E-state index in [1.807, 2.05) is 4.90 Å². The molecule has 1 fully saturated rings. The van der Waals surface area contributed by atoms with Gasteiger partial charge in [0.2, 0.25) is 10.0 Å². The van der Waals surface area contributed by atoms with Gasteiger partial charge in [-0.15, -0.1) is 0 Å². The number of likely N-dealkylation sites (tertiary alicyclic amines) is 1. The summed E-state index contributed by atoms with van der Waals surface area (Å²) >= 11 is 0. The zero-order valence-electron chi connectivity index (χ0n) is 15.0. The highest BCUT2D eigenvalue weighted by Gasteiger charge is 2.32. The molecule has 0 aromatic heterocycles. The Morgan fingerprint density at radius 2 is 1.70 bits per heavy atom. The smallest absolute Gasteiger partial charge is 0.253 e. The molecule has 1 saturated heterocycles. The molecule has 0 aliphatic carbocycles. The zero-order chi connectivity index (χ0) is 19.0. The number of benzene rings is 2. The van der Waals surface area contributed by atoms with Crippen molar-refractivity contribution in [3.05, 3.63) is 65.2 Å². The fourth-order valence-corrected chi connectivity index (χ4v) is 4.54. The molecule has 0 spiro atoms. The van der Waals surface area contributed by atoms with Gasteiger partial charge in [0.05, 0.1) is 4.90 Å². The van der Waals surface area contributed by atoms with E-state index in [1.54, 1.807) is 0 Å². The Kier molecular flexibility index (Phi) is 4.75. The first-order valence-corrected chi connectivity index (χ1v) is 10.7. The van der Waals surface area contributed by atoms with E-state index in [2.05, 4.69) is 29.2 Å². The molecule has 0 radical (unpaired) electrons. The third-order valence-corrected chi connectivity index (χ3v) is 6.49. The van der Waals surface area contributed by atoms with Crippen molar-refractivity contribution in [1.82, 2.24) is 9.80 Å². The first-order valence-electron chi connectivity index (χ1n) is 9.15. The van der Waals surface area contributed by atoms with Crippen molar-refractivity contribution in [2.24, 2.45) is 5.14 Å². The van der Waals surface area contributed by atoms with Gasteiger partial charge in [-0.05, 0) is 48.2 Å². The van der Waals surface area contributed by atoms with Crippen molar-refractivity contribution in [3.63, 3.8) is 0 Å². The summed E-state index contributed by atoms with van der Waals surface area (Å²) in [5.41, 5.74) is 3.30. The number of hydrogen-bond acceptors (Lipinski definition) is 4. The summed E-state index contributed by atoms with van der Waals surface area (Å²) in [7, 11) is -3.74. The minimum atomic E-state index is -3.74. The van der Waals surface area contributed by atoms with Crippen molar-refractivity contribution in [2.75, 3.05) is 19.6 Å². The van der Waals surface area contributed by atoms with Gasteiger partial charge in [0.25, 0.3) is 5.91 Å². The molecule has 2 aromatic rings. The quantitative estimate of drug-likeness (QED) is 0.870. The van der Waals surface area contributed by atoms with Crippen LogP contribution in [0, 0.1) is 0 Å². The molecule has 0 saturated carbocycles. The van der Waals surface area contributed by atoms with Crippen LogP contribution in [0.25, 0.3) is 0 Å². The highest BCUT2D eigenvalue weighted by molar-refractivity contribution is 7.89. The van der Waals surface area contributed by atoms with E-state index in [4.69, 9.17) is 5.14 Å². The zero-order valence-corrected chi connectivity index (χ0v) is 15.9. The number of hydrogen-bond donors (Lipinski definition) is 1. The molecule has 142 valence electrons. The summed E-state index contributed by atoms with van der Waals surface area (Å²) in [5, 5.41) is 5.11. The molecule has 1 atom stereocenters. The Labute approximate surface area is 159 Å². The summed E-state index contributed by atoms with van der Waals surface area (Å²) in [4.78, 5) is 17.1. The highest BCUT2D eigenvalue weighted by atomic mass is 32.2. The van der Waals surface area contributed by atoms with Gasteiger partial charge in [0.15, 0.2) is 0 Å². The average molecular weight is 385 g/mol. The van der Waals surface area contributed by atoms with Gasteiger partial charge in [0.1, 0.15) is 0 Å². The Morgan fingerprint density at radius 3 is 2.41 bits per heavy atom. The maximum absolute atomic E-state index is 12.8. The second-order valence-corrected chi connectivity index (χ2v) is 8.81. The van der Waals surface area contributed by atoms with Crippen LogP contribution >= 0.6 is 0 Å². The summed E-state index contributed by atoms with van der Waals surface area (Å²) in [6.45, 7) is 3.38. The Balaban J connectivity index is 1.41. The molecule has 27 heavy (non-hydrogen) atoms. The van der Waals surface area contributed by atoms with Gasteiger partial charge in [-0.3, -0.25) is 9.69 Å². The van der Waals surface area contributed by atoms with Crippen LogP contribution in [0.15, 0.2) is 53.4 Å². The van der Waals surface area contributed by atoms with E-state index in [0.29, 0.717) is 18.2 Å². The van der Waals surface area contributed by atoms with Gasteiger partial charge in [-0.1, -0.05) is 24.3 Å². The minimum Gasteiger partial charge on any atom is -0.337 e. The van der Waals surface area contributed by atoms with Crippen LogP contribution in [-0.4, -0.2) is 49.8 Å². The first kappa shape index (κ1) is 18.2. The molecule has 0 bridgehead atoms. The number of carbonyl (C=O) groups is 1. The Hall–Kier alpha value is -2.22. The van der Waals surface area contributed by atoms with Gasteiger partial charge < -0.3 is 4.90 Å². The normalized spacial score (nSPS) is 20.5. The largest absolute Gasteiger partial charge is 0.337 e. The highest BCUT2D eigenvalue weighted by Crippen LogP contribution is 2.25. The Bertz CT molecular complexity index is 957.